The zero-order valence-corrected chi connectivity index (χ0v) is 17.6. The number of hydrogen-bond acceptors (Lipinski definition) is 4. The maximum atomic E-state index is 12.4. The second kappa shape index (κ2) is 11.2. The summed E-state index contributed by atoms with van der Waals surface area (Å²) in [5.41, 5.74) is 2.14. The molecule has 0 saturated carbocycles. The molecule has 3 aromatic rings. The molecule has 0 N–H and O–H groups in total. The Hall–Kier alpha value is -3.11. The molecule has 0 heterocycles. The minimum atomic E-state index is -0.409. The Morgan fingerprint density at radius 3 is 2.40 bits per heavy atom. The summed E-state index contributed by atoms with van der Waals surface area (Å²) >= 11 is 5.96. The Balaban J connectivity index is 1.54. The van der Waals surface area contributed by atoms with Gasteiger partial charge in [-0.3, -0.25) is 4.99 Å². The van der Waals surface area contributed by atoms with Gasteiger partial charge in [-0.05, 0) is 78.7 Å². The molecule has 0 radical (unpaired) electrons. The van der Waals surface area contributed by atoms with E-state index in [2.05, 4.69) is 11.9 Å². The van der Waals surface area contributed by atoms with Gasteiger partial charge >= 0.3 is 5.97 Å². The van der Waals surface area contributed by atoms with E-state index in [4.69, 9.17) is 21.1 Å². The molecule has 0 atom stereocenters. The Bertz CT molecular complexity index is 982. The smallest absolute Gasteiger partial charge is 0.343 e. The number of carbonyl (C=O) groups excluding carboxylic acids is 1. The molecule has 0 spiro atoms. The summed E-state index contributed by atoms with van der Waals surface area (Å²) < 4.78 is 11.1. The highest BCUT2D eigenvalue weighted by Gasteiger charge is 2.09. The zero-order valence-electron chi connectivity index (χ0n) is 16.9. The largest absolute Gasteiger partial charge is 0.494 e. The van der Waals surface area contributed by atoms with Crippen molar-refractivity contribution in [3.8, 4) is 11.5 Å². The summed E-state index contributed by atoms with van der Waals surface area (Å²) in [6, 6.07) is 21.5. The monoisotopic (exact) mass is 421 g/mol. The Kier molecular flexibility index (Phi) is 8.04. The van der Waals surface area contributed by atoms with E-state index in [9.17, 15) is 4.79 Å². The lowest BCUT2D eigenvalue weighted by molar-refractivity contribution is 0.0734. The lowest BCUT2D eigenvalue weighted by Gasteiger charge is -2.07. The number of halogens is 1. The van der Waals surface area contributed by atoms with Gasteiger partial charge < -0.3 is 9.47 Å². The maximum absolute atomic E-state index is 12.4. The van der Waals surface area contributed by atoms with Crippen LogP contribution in [-0.4, -0.2) is 18.8 Å². The molecule has 30 heavy (non-hydrogen) atoms. The van der Waals surface area contributed by atoms with Crippen LogP contribution < -0.4 is 9.47 Å². The van der Waals surface area contributed by atoms with Gasteiger partial charge in [0.15, 0.2) is 0 Å². The van der Waals surface area contributed by atoms with E-state index in [1.165, 1.54) is 0 Å². The Morgan fingerprint density at radius 2 is 1.70 bits per heavy atom. The quantitative estimate of drug-likeness (QED) is 0.164. The highest BCUT2D eigenvalue weighted by atomic mass is 35.5. The van der Waals surface area contributed by atoms with Crippen LogP contribution in [0.5, 0.6) is 11.5 Å². The number of hydrogen-bond donors (Lipinski definition) is 0. The first-order valence-corrected chi connectivity index (χ1v) is 10.4. The number of aliphatic imine (C=N–C) groups is 1. The molecule has 0 saturated heterocycles. The van der Waals surface area contributed by atoms with E-state index >= 15 is 0 Å². The lowest BCUT2D eigenvalue weighted by Crippen LogP contribution is -2.08. The van der Waals surface area contributed by atoms with E-state index in [1.54, 1.807) is 54.7 Å². The third-order valence-electron chi connectivity index (χ3n) is 4.37. The van der Waals surface area contributed by atoms with Crippen LogP contribution >= 0.6 is 11.6 Å². The fraction of sp³-hybridized carbons (Fsp3) is 0.200. The third-order valence-corrected chi connectivity index (χ3v) is 4.60. The molecule has 0 aliphatic heterocycles. The van der Waals surface area contributed by atoms with Crippen molar-refractivity contribution in [1.29, 1.82) is 0 Å². The van der Waals surface area contributed by atoms with E-state index < -0.39 is 5.97 Å². The maximum Gasteiger partial charge on any atom is 0.343 e. The van der Waals surface area contributed by atoms with Gasteiger partial charge in [0.1, 0.15) is 11.5 Å². The van der Waals surface area contributed by atoms with Gasteiger partial charge in [0.25, 0.3) is 0 Å². The van der Waals surface area contributed by atoms with Gasteiger partial charge in [0, 0.05) is 11.2 Å². The van der Waals surface area contributed by atoms with Crippen LogP contribution in [0.1, 0.15) is 42.1 Å². The SMILES string of the molecule is CCCCCOc1ccc(C(=O)Oc2ccc(C=Nc3cccc(Cl)c3)cc2)cc1. The highest BCUT2D eigenvalue weighted by molar-refractivity contribution is 6.30. The Morgan fingerprint density at radius 1 is 0.967 bits per heavy atom. The van der Waals surface area contributed by atoms with E-state index in [1.807, 2.05) is 24.3 Å². The van der Waals surface area contributed by atoms with Crippen LogP contribution in [-0.2, 0) is 0 Å². The van der Waals surface area contributed by atoms with Crippen LogP contribution in [0.4, 0.5) is 5.69 Å². The summed E-state index contributed by atoms with van der Waals surface area (Å²) in [6.45, 7) is 2.84. The van der Waals surface area contributed by atoms with Crippen molar-refractivity contribution in [2.75, 3.05) is 6.61 Å². The minimum absolute atomic E-state index is 0.409. The van der Waals surface area contributed by atoms with Crippen LogP contribution in [0.3, 0.4) is 0 Å². The third kappa shape index (κ3) is 6.75. The second-order valence-corrected chi connectivity index (χ2v) is 7.21. The molecule has 3 rings (SSSR count). The molecule has 0 aliphatic carbocycles. The van der Waals surface area contributed by atoms with Crippen molar-refractivity contribution >= 4 is 29.5 Å². The summed E-state index contributed by atoms with van der Waals surface area (Å²) in [5.74, 6) is 0.818. The normalized spacial score (nSPS) is 10.9. The number of nitrogens with zero attached hydrogens (tertiary/aromatic N) is 1. The predicted molar refractivity (Wildman–Crippen MR) is 122 cm³/mol. The molecular weight excluding hydrogens is 398 g/mol. The number of carbonyl (C=O) groups is 1. The van der Waals surface area contributed by atoms with Gasteiger partial charge in [0.2, 0.25) is 0 Å². The van der Waals surface area contributed by atoms with Crippen molar-refractivity contribution in [3.05, 3.63) is 88.9 Å². The molecule has 0 unspecified atom stereocenters. The van der Waals surface area contributed by atoms with Gasteiger partial charge in [-0.25, -0.2) is 4.79 Å². The molecule has 3 aromatic carbocycles. The van der Waals surface area contributed by atoms with E-state index in [0.717, 1.165) is 36.3 Å². The molecule has 0 aromatic heterocycles. The summed E-state index contributed by atoms with van der Waals surface area (Å²) in [7, 11) is 0. The van der Waals surface area contributed by atoms with E-state index in [-0.39, 0.29) is 0 Å². The number of esters is 1. The number of ether oxygens (including phenoxy) is 2. The van der Waals surface area contributed by atoms with Gasteiger partial charge in [0.05, 0.1) is 17.9 Å². The molecule has 0 bridgehead atoms. The second-order valence-electron chi connectivity index (χ2n) is 6.78. The Labute approximate surface area is 182 Å². The minimum Gasteiger partial charge on any atom is -0.494 e. The predicted octanol–water partition coefficient (Wildman–Crippen LogP) is 6.88. The zero-order chi connectivity index (χ0) is 21.2. The fourth-order valence-electron chi connectivity index (χ4n) is 2.72. The molecule has 154 valence electrons. The van der Waals surface area contributed by atoms with Gasteiger partial charge in [-0.2, -0.15) is 0 Å². The summed E-state index contributed by atoms with van der Waals surface area (Å²) in [4.78, 5) is 16.7. The first-order chi connectivity index (χ1) is 14.6. The summed E-state index contributed by atoms with van der Waals surface area (Å²) in [5, 5.41) is 0.642. The first-order valence-electron chi connectivity index (χ1n) is 9.99. The van der Waals surface area contributed by atoms with Crippen LogP contribution in [0.2, 0.25) is 5.02 Å². The van der Waals surface area contributed by atoms with Crippen molar-refractivity contribution in [2.24, 2.45) is 4.99 Å². The highest BCUT2D eigenvalue weighted by Crippen LogP contribution is 2.19. The van der Waals surface area contributed by atoms with Gasteiger partial charge in [-0.15, -0.1) is 0 Å². The molecule has 5 heteroatoms. The van der Waals surface area contributed by atoms with Crippen molar-refractivity contribution in [3.63, 3.8) is 0 Å². The molecule has 0 fully saturated rings. The first kappa shape index (κ1) is 21.6. The average Bonchev–Trinajstić information content (AvgIpc) is 2.77. The van der Waals surface area contributed by atoms with Crippen LogP contribution in [0.15, 0.2) is 77.8 Å². The van der Waals surface area contributed by atoms with Crippen molar-refractivity contribution in [2.45, 2.75) is 26.2 Å². The van der Waals surface area contributed by atoms with Gasteiger partial charge in [-0.1, -0.05) is 37.4 Å². The number of unbranched alkanes of at least 4 members (excludes halogenated alkanes) is 2. The summed E-state index contributed by atoms with van der Waals surface area (Å²) in [6.07, 6.45) is 5.07. The van der Waals surface area contributed by atoms with E-state index in [0.29, 0.717) is 22.9 Å². The fourth-order valence-corrected chi connectivity index (χ4v) is 2.91. The van der Waals surface area contributed by atoms with Crippen molar-refractivity contribution < 1.29 is 14.3 Å². The molecule has 0 amide bonds. The number of rotatable bonds is 9. The number of benzene rings is 3. The molecule has 0 aliphatic rings. The van der Waals surface area contributed by atoms with Crippen LogP contribution in [0.25, 0.3) is 0 Å². The molecule has 4 nitrogen and oxygen atoms in total. The lowest BCUT2D eigenvalue weighted by atomic mass is 10.2. The topological polar surface area (TPSA) is 47.9 Å². The van der Waals surface area contributed by atoms with Crippen LogP contribution in [0, 0.1) is 0 Å². The average molecular weight is 422 g/mol. The van der Waals surface area contributed by atoms with Crippen molar-refractivity contribution in [1.82, 2.24) is 0 Å². The standard InChI is InChI=1S/C25H24ClNO3/c1-2-3-4-16-29-23-14-10-20(11-15-23)25(28)30-24-12-8-19(9-13-24)18-27-22-7-5-6-21(26)17-22/h5-15,17-18H,2-4,16H2,1H3. The molecular formula is C25H24ClNO3.